The fourth-order valence-corrected chi connectivity index (χ4v) is 0. The zero-order valence-corrected chi connectivity index (χ0v) is 10.2. The predicted molar refractivity (Wildman–Crippen MR) is 11.5 cm³/mol. The van der Waals surface area contributed by atoms with E-state index >= 15 is 0 Å². The molecule has 0 heterocycles. The van der Waals surface area contributed by atoms with Gasteiger partial charge in [-0.15, -0.1) is 0 Å². The molecular weight excluding hydrogens is 244 g/mol. The first-order valence-electron chi connectivity index (χ1n) is 0.463. The molecule has 0 aliphatic heterocycles. The third kappa shape index (κ3) is 46.9. The smallest absolute Gasteiger partial charge is 1.00 e. The van der Waals surface area contributed by atoms with Crippen molar-refractivity contribution in [2.24, 2.45) is 0 Å². The van der Waals surface area contributed by atoms with Crippen molar-refractivity contribution in [1.82, 2.24) is 0 Å². The Bertz CT molecular complexity index is 17.7. The molecule has 0 bridgehead atoms. The van der Waals surface area contributed by atoms with Gasteiger partial charge in [0, 0.05) is 0 Å². The van der Waals surface area contributed by atoms with Crippen molar-refractivity contribution in [2.45, 2.75) is 0 Å². The Balaban J connectivity index is -0.0000000150. The van der Waals surface area contributed by atoms with Gasteiger partial charge in [0.25, 0.3) is 0 Å². The first-order valence-corrected chi connectivity index (χ1v) is 1.39. The molecule has 0 aromatic carbocycles. The van der Waals surface area contributed by atoms with E-state index in [-0.39, 0.29) is 92.5 Å². The Morgan fingerprint density at radius 1 is 0.857 bits per heavy atom. The molecule has 0 saturated heterocycles. The first kappa shape index (κ1) is 22.5. The maximum Gasteiger partial charge on any atom is 2.00 e. The second kappa shape index (κ2) is 16.1. The van der Waals surface area contributed by atoms with E-state index in [0.717, 1.165) is 0 Å². The largest absolute Gasteiger partial charge is 2.00 e. The van der Waals surface area contributed by atoms with Crippen LogP contribution in [0.4, 0.5) is 0 Å². The van der Waals surface area contributed by atoms with Crippen molar-refractivity contribution < 1.29 is 41.7 Å². The zero-order chi connectivity index (χ0) is 3.58. The maximum absolute atomic E-state index is 8.41. The van der Waals surface area contributed by atoms with E-state index in [2.05, 4.69) is 0 Å². The molecule has 0 spiro atoms. The molecule has 0 fully saturated rings. The van der Waals surface area contributed by atoms with Gasteiger partial charge in [0.2, 0.25) is 0 Å². The summed E-state index contributed by atoms with van der Waals surface area (Å²) < 4.78 is 25.2. The van der Waals surface area contributed by atoms with Crippen LogP contribution in [0.3, 0.4) is 0 Å². The fourth-order valence-electron chi connectivity index (χ4n) is 0. The van der Waals surface area contributed by atoms with Gasteiger partial charge in [-0.1, -0.05) is 0 Å². The van der Waals surface area contributed by atoms with Crippen molar-refractivity contribution in [3.63, 3.8) is 0 Å². The molecule has 0 saturated carbocycles. The van der Waals surface area contributed by atoms with E-state index in [1.54, 1.807) is 0 Å². The number of rotatable bonds is 0. The first-order chi connectivity index (χ1) is 1.73. The Hall–Kier alpha value is 3.17. The summed E-state index contributed by atoms with van der Waals surface area (Å²) in [6.45, 7) is 0. The van der Waals surface area contributed by atoms with Crippen molar-refractivity contribution in [3.8, 4) is 0 Å². The van der Waals surface area contributed by atoms with Gasteiger partial charge in [-0.2, -0.15) is 0 Å². The Morgan fingerprint density at radius 3 is 0.857 bits per heavy atom. The Morgan fingerprint density at radius 2 is 0.857 bits per heavy atom. The molecule has 0 unspecified atom stereocenters. The van der Waals surface area contributed by atoms with E-state index in [1.165, 1.54) is 0 Å². The third-order valence-corrected chi connectivity index (χ3v) is 0. The fraction of sp³-hybridized carbons (Fsp3) is 0. The molecular formula is BrCa2ClO3+2. The molecule has 7 heteroatoms. The van der Waals surface area contributed by atoms with Crippen LogP contribution < -0.4 is 31.0 Å². The summed E-state index contributed by atoms with van der Waals surface area (Å²) >= 11 is 0. The summed E-state index contributed by atoms with van der Waals surface area (Å²) in [7, 11) is -2.85. The van der Waals surface area contributed by atoms with Gasteiger partial charge in [0.1, 0.15) is 0 Å². The molecule has 7 heavy (non-hydrogen) atoms. The van der Waals surface area contributed by atoms with E-state index < -0.39 is 10.8 Å². The van der Waals surface area contributed by atoms with Crippen molar-refractivity contribution in [2.75, 3.05) is 0 Å². The molecule has 0 rings (SSSR count). The topological polar surface area (TPSA) is 69.2 Å². The minimum absolute atomic E-state index is 0. The third-order valence-electron chi connectivity index (χ3n) is 0. The van der Waals surface area contributed by atoms with Gasteiger partial charge in [0.05, 0.1) is 10.8 Å². The molecule has 0 amide bonds. The Kier molecular flexibility index (Phi) is 51.6. The molecule has 0 aliphatic rings. The molecule has 0 aromatic heterocycles. The van der Waals surface area contributed by atoms with Crippen LogP contribution in [0.2, 0.25) is 0 Å². The molecule has 3 nitrogen and oxygen atoms in total. The number of hydrogen-bond acceptors (Lipinski definition) is 3. The van der Waals surface area contributed by atoms with Gasteiger partial charge in [0.15, 0.2) is 0 Å². The molecule has 34 valence electrons. The standard InChI is InChI=1S/BrH.2Ca.ClO3/c;;;2-1(3)4/h1H;;;/q;2*+2;-1/p-1. The summed E-state index contributed by atoms with van der Waals surface area (Å²) in [4.78, 5) is 0. The second-order valence-electron chi connectivity index (χ2n) is 0.189. The molecule has 0 aliphatic carbocycles. The van der Waals surface area contributed by atoms with Gasteiger partial charge in [-0.05, 0) is 0 Å². The molecule has 0 aromatic rings. The molecule has 0 atom stereocenters. The minimum atomic E-state index is -2.85. The van der Waals surface area contributed by atoms with Crippen LogP contribution in [-0.4, -0.2) is 75.5 Å². The predicted octanol–water partition coefficient (Wildman–Crippen LogP) is -7.32. The van der Waals surface area contributed by atoms with Gasteiger partial charge in [-0.25, -0.2) is 0 Å². The van der Waals surface area contributed by atoms with E-state index in [0.29, 0.717) is 0 Å². The maximum atomic E-state index is 8.41. The van der Waals surface area contributed by atoms with Crippen molar-refractivity contribution in [3.05, 3.63) is 0 Å². The molecule has 0 radical (unpaired) electrons. The quantitative estimate of drug-likeness (QED) is 0.397. The number of hydrogen-bond donors (Lipinski definition) is 0. The van der Waals surface area contributed by atoms with Crippen molar-refractivity contribution in [1.29, 1.82) is 0 Å². The summed E-state index contributed by atoms with van der Waals surface area (Å²) in [6.07, 6.45) is 0. The number of halogens is 2. The summed E-state index contributed by atoms with van der Waals surface area (Å²) in [5.41, 5.74) is 0. The monoisotopic (exact) mass is 242 g/mol. The summed E-state index contributed by atoms with van der Waals surface area (Å²) in [6, 6.07) is 0. The SMILES string of the molecule is [Br-].[Ca+2].[Ca+2].[O-][Cl+2]([O-])[O-]. The second-order valence-corrected chi connectivity index (χ2v) is 0.567. The van der Waals surface area contributed by atoms with Crippen LogP contribution in [0.5, 0.6) is 0 Å². The van der Waals surface area contributed by atoms with Crippen LogP contribution in [0, 0.1) is 10.8 Å². The van der Waals surface area contributed by atoms with E-state index in [4.69, 9.17) is 14.0 Å². The van der Waals surface area contributed by atoms with Crippen molar-refractivity contribution >= 4 is 75.5 Å². The van der Waals surface area contributed by atoms with Crippen LogP contribution in [-0.2, 0) is 0 Å². The van der Waals surface area contributed by atoms with Crippen LogP contribution in [0.15, 0.2) is 0 Å². The van der Waals surface area contributed by atoms with Crippen LogP contribution >= 0.6 is 0 Å². The van der Waals surface area contributed by atoms with Crippen LogP contribution in [0.1, 0.15) is 0 Å². The minimum Gasteiger partial charge on any atom is -1.00 e. The van der Waals surface area contributed by atoms with E-state index in [9.17, 15) is 0 Å². The normalized spacial score (nSPS) is 5.14. The average Bonchev–Trinajstić information content (AvgIpc) is 0.811. The van der Waals surface area contributed by atoms with Gasteiger partial charge >= 0.3 is 75.5 Å². The molecule has 0 N–H and O–H groups in total. The Labute approximate surface area is 115 Å². The summed E-state index contributed by atoms with van der Waals surface area (Å²) in [5.74, 6) is 0. The van der Waals surface area contributed by atoms with Gasteiger partial charge < -0.3 is 31.0 Å². The zero-order valence-electron chi connectivity index (χ0n) is 3.39. The summed E-state index contributed by atoms with van der Waals surface area (Å²) in [5, 5.41) is 0. The van der Waals surface area contributed by atoms with Crippen LogP contribution in [0.25, 0.3) is 0 Å². The van der Waals surface area contributed by atoms with E-state index in [1.807, 2.05) is 0 Å². The average molecular weight is 244 g/mol. The van der Waals surface area contributed by atoms with Gasteiger partial charge in [-0.3, -0.25) is 0 Å².